The van der Waals surface area contributed by atoms with Gasteiger partial charge in [0.1, 0.15) is 0 Å². The highest BCUT2D eigenvalue weighted by Gasteiger charge is 2.23. The molecule has 13 aromatic rings. The highest BCUT2D eigenvalue weighted by Crippen LogP contribution is 2.45. The second-order valence-corrected chi connectivity index (χ2v) is 16.5. The Labute approximate surface area is 374 Å². The van der Waals surface area contributed by atoms with Gasteiger partial charge in [-0.2, -0.15) is 0 Å². The van der Waals surface area contributed by atoms with Crippen LogP contribution in [0, 0.1) is 0 Å². The summed E-state index contributed by atoms with van der Waals surface area (Å²) in [7, 11) is 0. The van der Waals surface area contributed by atoms with Crippen LogP contribution in [0.3, 0.4) is 0 Å². The van der Waals surface area contributed by atoms with E-state index in [2.05, 4.69) is 69.8 Å². The number of rotatable bonds is 6. The van der Waals surface area contributed by atoms with Gasteiger partial charge in [-0.25, -0.2) is 15.0 Å². The molecule has 0 bridgehead atoms. The van der Waals surface area contributed by atoms with Gasteiger partial charge in [0.25, 0.3) is 0 Å². The minimum absolute atomic E-state index is 0.0527. The highest BCUT2D eigenvalue weighted by molar-refractivity contribution is 7.26. The van der Waals surface area contributed by atoms with Crippen LogP contribution in [0.25, 0.3) is 120 Å². The predicted molar refractivity (Wildman–Crippen MR) is 263 cm³/mol. The molecule has 0 saturated heterocycles. The fourth-order valence-electron chi connectivity index (χ4n) is 9.11. The minimum Gasteiger partial charge on any atom is -0.309 e. The molecule has 5 nitrogen and oxygen atoms in total. The number of hydrogen-bond donors (Lipinski definition) is 0. The van der Waals surface area contributed by atoms with E-state index in [1.165, 1.54) is 17.4 Å². The van der Waals surface area contributed by atoms with E-state index in [9.17, 15) is 4.11 Å². The molecular formula is C57H35N5S. The third-order valence-electron chi connectivity index (χ3n) is 11.9. The highest BCUT2D eigenvalue weighted by atomic mass is 32.1. The van der Waals surface area contributed by atoms with Crippen molar-refractivity contribution in [2.45, 2.75) is 0 Å². The van der Waals surface area contributed by atoms with Crippen molar-refractivity contribution in [3.8, 4) is 56.7 Å². The first kappa shape index (κ1) is 29.9. The van der Waals surface area contributed by atoms with Crippen molar-refractivity contribution >= 4 is 75.1 Å². The Bertz CT molecular complexity index is 4210. The van der Waals surface area contributed by atoms with Crippen molar-refractivity contribution in [2.75, 3.05) is 0 Å². The van der Waals surface area contributed by atoms with E-state index in [4.69, 9.17) is 19.1 Å². The summed E-state index contributed by atoms with van der Waals surface area (Å²) in [5.74, 6) is 1.37. The maximum atomic E-state index is 9.80. The zero-order chi connectivity index (χ0) is 46.7. The topological polar surface area (TPSA) is 48.5 Å². The maximum absolute atomic E-state index is 9.80. The summed E-state index contributed by atoms with van der Waals surface area (Å²) < 4.78 is 60.5. The third-order valence-corrected chi connectivity index (χ3v) is 13.1. The van der Waals surface area contributed by atoms with Crippen LogP contribution in [-0.4, -0.2) is 24.1 Å². The van der Waals surface area contributed by atoms with Crippen molar-refractivity contribution in [1.82, 2.24) is 24.1 Å². The molecule has 13 rings (SSSR count). The Morgan fingerprint density at radius 2 is 0.952 bits per heavy atom. The van der Waals surface area contributed by atoms with E-state index in [-0.39, 0.29) is 47.0 Å². The van der Waals surface area contributed by atoms with Crippen LogP contribution in [0.5, 0.6) is 0 Å². The van der Waals surface area contributed by atoms with Crippen molar-refractivity contribution in [3.05, 3.63) is 212 Å². The molecule has 0 aliphatic carbocycles. The molecule has 0 aliphatic rings. The van der Waals surface area contributed by atoms with Crippen molar-refractivity contribution in [2.24, 2.45) is 0 Å². The van der Waals surface area contributed by atoms with E-state index >= 15 is 0 Å². The Morgan fingerprint density at radius 3 is 1.63 bits per heavy atom. The standard InChI is InChI=1S/C57H35N5S/c1-4-17-36(18-5-1)55-58-56(37-19-6-2-7-20-37)60-57(59-55)38-31-32-50(45(33-38)44-27-16-26-43-42-25-12-15-30-53(42)63-54(43)44)62-49-29-14-11-24-41(49)47-34-46-40-23-10-13-28-48(40)61(51(46)35-52(47)62)39-21-8-3-9-22-39/h1-35H/i12D,16D,25D,26D,27D,30D. The van der Waals surface area contributed by atoms with Gasteiger partial charge in [-0.15, -0.1) is 11.3 Å². The lowest BCUT2D eigenvalue weighted by Gasteiger charge is -2.17. The first-order chi connectivity index (χ1) is 33.7. The zero-order valence-electron chi connectivity index (χ0n) is 39.4. The van der Waals surface area contributed by atoms with Gasteiger partial charge in [0, 0.05) is 75.2 Å². The van der Waals surface area contributed by atoms with Gasteiger partial charge < -0.3 is 9.13 Å². The quantitative estimate of drug-likeness (QED) is 0.168. The summed E-state index contributed by atoms with van der Waals surface area (Å²) in [6.45, 7) is 0. The lowest BCUT2D eigenvalue weighted by molar-refractivity contribution is 1.07. The van der Waals surface area contributed by atoms with Gasteiger partial charge in [0.2, 0.25) is 0 Å². The molecule has 0 fully saturated rings. The first-order valence-electron chi connectivity index (χ1n) is 23.7. The average molecular weight is 828 g/mol. The molecule has 0 spiro atoms. The molecule has 0 radical (unpaired) electrons. The molecule has 0 saturated carbocycles. The van der Waals surface area contributed by atoms with Gasteiger partial charge in [-0.05, 0) is 60.6 Å². The molecule has 6 heteroatoms. The Hall–Kier alpha value is -8.19. The lowest BCUT2D eigenvalue weighted by Crippen LogP contribution is -2.02. The fourth-order valence-corrected chi connectivity index (χ4v) is 10.2. The molecule has 0 aliphatic heterocycles. The number of para-hydroxylation sites is 3. The van der Waals surface area contributed by atoms with Gasteiger partial charge in [0.05, 0.1) is 36.0 Å². The summed E-state index contributed by atoms with van der Waals surface area (Å²) in [4.78, 5) is 15.1. The first-order valence-corrected chi connectivity index (χ1v) is 21.5. The molecule has 294 valence electrons. The number of fused-ring (bicyclic) bond motifs is 9. The monoisotopic (exact) mass is 827 g/mol. The zero-order valence-corrected chi connectivity index (χ0v) is 34.2. The van der Waals surface area contributed by atoms with Gasteiger partial charge in [-0.3, -0.25) is 0 Å². The van der Waals surface area contributed by atoms with Crippen molar-refractivity contribution < 1.29 is 8.22 Å². The molecule has 0 atom stereocenters. The molecular weight excluding hydrogens is 787 g/mol. The smallest absolute Gasteiger partial charge is 0.164 e. The predicted octanol–water partition coefficient (Wildman–Crippen LogP) is 15.1. The van der Waals surface area contributed by atoms with Gasteiger partial charge >= 0.3 is 0 Å². The number of thiophene rings is 1. The van der Waals surface area contributed by atoms with Crippen molar-refractivity contribution in [1.29, 1.82) is 0 Å². The molecule has 4 aromatic heterocycles. The molecule has 0 unspecified atom stereocenters. The SMILES string of the molecule is [2H]c1cc([2H])c2sc3c(-c4cc(-c5nc(-c6ccccc6)nc(-c6ccccc6)n5)ccc4-n4c5ccccc5c5cc6c7ccccc7n(-c7ccccc7)c6cc54)c([2H])c([2H])c([2H])c3c2c1[2H]. The average Bonchev–Trinajstić information content (AvgIpc) is 4.06. The fraction of sp³-hybridized carbons (Fsp3) is 0. The Balaban J connectivity index is 1.17. The summed E-state index contributed by atoms with van der Waals surface area (Å²) in [6.07, 6.45) is 0. The van der Waals surface area contributed by atoms with E-state index in [0.717, 1.165) is 60.4 Å². The van der Waals surface area contributed by atoms with Crippen LogP contribution in [0.1, 0.15) is 8.22 Å². The van der Waals surface area contributed by atoms with Crippen LogP contribution >= 0.6 is 11.3 Å². The molecule has 4 heterocycles. The third kappa shape index (κ3) is 5.66. The normalized spacial score (nSPS) is 13.1. The second kappa shape index (κ2) is 14.2. The van der Waals surface area contributed by atoms with Gasteiger partial charge in [-0.1, -0.05) is 152 Å². The number of aromatic nitrogens is 5. The lowest BCUT2D eigenvalue weighted by atomic mass is 9.98. The van der Waals surface area contributed by atoms with Crippen molar-refractivity contribution in [3.63, 3.8) is 0 Å². The van der Waals surface area contributed by atoms with Crippen LogP contribution < -0.4 is 0 Å². The van der Waals surface area contributed by atoms with E-state index in [1.54, 1.807) is 0 Å². The Morgan fingerprint density at radius 1 is 0.381 bits per heavy atom. The summed E-state index contributed by atoms with van der Waals surface area (Å²) >= 11 is 1.22. The molecule has 9 aromatic carbocycles. The van der Waals surface area contributed by atoms with Crippen LogP contribution in [-0.2, 0) is 0 Å². The van der Waals surface area contributed by atoms with E-state index in [1.807, 2.05) is 109 Å². The van der Waals surface area contributed by atoms with Gasteiger partial charge in [0.15, 0.2) is 17.5 Å². The molecule has 63 heavy (non-hydrogen) atoms. The molecule has 0 amide bonds. The number of benzene rings is 9. The largest absolute Gasteiger partial charge is 0.309 e. The minimum atomic E-state index is -0.316. The summed E-state index contributed by atoms with van der Waals surface area (Å²) in [5, 5.41) is 4.85. The van der Waals surface area contributed by atoms with Crippen LogP contribution in [0.2, 0.25) is 0 Å². The summed E-state index contributed by atoms with van der Waals surface area (Å²) in [6, 6.07) is 57.6. The number of nitrogens with zero attached hydrogens (tertiary/aromatic N) is 5. The second-order valence-electron chi connectivity index (χ2n) is 15.5. The van der Waals surface area contributed by atoms with E-state index < -0.39 is 0 Å². The number of hydrogen-bond acceptors (Lipinski definition) is 4. The van der Waals surface area contributed by atoms with Crippen LogP contribution in [0.4, 0.5) is 0 Å². The molecule has 0 N–H and O–H groups in total. The maximum Gasteiger partial charge on any atom is 0.164 e. The summed E-state index contributed by atoms with van der Waals surface area (Å²) in [5.41, 5.74) is 8.87. The van der Waals surface area contributed by atoms with Crippen LogP contribution in [0.15, 0.2) is 212 Å². The Kier molecular flexibility index (Phi) is 6.75. The van der Waals surface area contributed by atoms with E-state index in [0.29, 0.717) is 49.3 Å².